The maximum absolute atomic E-state index is 6.40. The van der Waals surface area contributed by atoms with E-state index in [2.05, 4.69) is 182 Å². The first-order valence-electron chi connectivity index (χ1n) is 20.7. The Morgan fingerprint density at radius 2 is 0.885 bits per heavy atom. The molecule has 3 heteroatoms. The fraction of sp³-hybridized carbons (Fsp3) is 0. The van der Waals surface area contributed by atoms with Crippen LogP contribution < -0.4 is 0 Å². The van der Waals surface area contributed by atoms with E-state index >= 15 is 0 Å². The molecule has 0 amide bonds. The van der Waals surface area contributed by atoms with Gasteiger partial charge in [0.25, 0.3) is 0 Å². The second-order valence-electron chi connectivity index (χ2n) is 15.7. The minimum Gasteiger partial charge on any atom is -0.456 e. The molecule has 0 saturated heterocycles. The molecule has 0 aliphatic carbocycles. The number of aromatic nitrogens is 2. The number of fused-ring (bicyclic) bond motifs is 6. The molecule has 12 rings (SSSR count). The molecule has 0 radical (unpaired) electrons. The summed E-state index contributed by atoms with van der Waals surface area (Å²) in [5, 5.41) is 10.9. The molecule has 0 N–H and O–H groups in total. The van der Waals surface area contributed by atoms with Crippen LogP contribution in [0.2, 0.25) is 0 Å². The van der Waals surface area contributed by atoms with Gasteiger partial charge in [0.15, 0.2) is 5.82 Å². The first-order valence-corrected chi connectivity index (χ1v) is 20.7. The third-order valence-corrected chi connectivity index (χ3v) is 12.1. The Labute approximate surface area is 352 Å². The second kappa shape index (κ2) is 14.3. The van der Waals surface area contributed by atoms with Crippen molar-refractivity contribution < 1.29 is 4.42 Å². The summed E-state index contributed by atoms with van der Waals surface area (Å²) in [4.78, 5) is 10.5. The zero-order valence-corrected chi connectivity index (χ0v) is 33.1. The Morgan fingerprint density at radius 3 is 1.67 bits per heavy atom. The van der Waals surface area contributed by atoms with Crippen LogP contribution in [-0.2, 0) is 0 Å². The summed E-state index contributed by atoms with van der Waals surface area (Å²) >= 11 is 0. The molecule has 0 spiro atoms. The molecule has 0 aliphatic rings. The Bertz CT molecular complexity index is 3610. The fourth-order valence-electron chi connectivity index (χ4n) is 9.20. The highest BCUT2D eigenvalue weighted by molar-refractivity contribution is 6.20. The van der Waals surface area contributed by atoms with Gasteiger partial charge in [0.2, 0.25) is 0 Å². The average molecular weight is 777 g/mol. The Morgan fingerprint density at radius 1 is 0.295 bits per heavy atom. The lowest BCUT2D eigenvalue weighted by Gasteiger charge is -2.16. The van der Waals surface area contributed by atoms with Crippen molar-refractivity contribution in [3.63, 3.8) is 0 Å². The molecular weight excluding hydrogens is 741 g/mol. The van der Waals surface area contributed by atoms with Crippen molar-refractivity contribution >= 4 is 54.1 Å². The lowest BCUT2D eigenvalue weighted by molar-refractivity contribution is 0.632. The Hall–Kier alpha value is -8.14. The van der Waals surface area contributed by atoms with Gasteiger partial charge in [-0.3, -0.25) is 0 Å². The highest BCUT2D eigenvalue weighted by Gasteiger charge is 2.19. The van der Waals surface area contributed by atoms with Crippen molar-refractivity contribution in [2.75, 3.05) is 0 Å². The summed E-state index contributed by atoms with van der Waals surface area (Å²) < 4.78 is 6.40. The van der Waals surface area contributed by atoms with E-state index in [-0.39, 0.29) is 0 Å². The molecule has 61 heavy (non-hydrogen) atoms. The number of nitrogens with zero attached hydrogens (tertiary/aromatic N) is 2. The summed E-state index contributed by atoms with van der Waals surface area (Å²) in [5.41, 5.74) is 11.3. The van der Waals surface area contributed by atoms with Crippen LogP contribution in [0.5, 0.6) is 0 Å². The van der Waals surface area contributed by atoms with Crippen LogP contribution in [0, 0.1) is 0 Å². The van der Waals surface area contributed by atoms with E-state index in [9.17, 15) is 0 Å². The van der Waals surface area contributed by atoms with Gasteiger partial charge in [-0.2, -0.15) is 0 Å². The monoisotopic (exact) mass is 776 g/mol. The van der Waals surface area contributed by atoms with E-state index in [1.807, 2.05) is 36.4 Å². The van der Waals surface area contributed by atoms with E-state index in [1.165, 1.54) is 54.4 Å². The SMILES string of the molecule is c1ccc(-c2nc(-c3ccccc3-c3cc4ccccc4o3)cc(-c3ccc(-c4ccc(-c5c6ccccc6cc6c5ccc5ccccc56)cc4)c4ccccc34)n2)cc1. The zero-order chi connectivity index (χ0) is 40.3. The summed E-state index contributed by atoms with van der Waals surface area (Å²) in [5.74, 6) is 1.48. The van der Waals surface area contributed by atoms with Gasteiger partial charge in [0, 0.05) is 27.6 Å². The molecule has 12 aromatic rings. The molecule has 0 unspecified atom stereocenters. The molecule has 0 atom stereocenters. The molecule has 2 heterocycles. The first-order chi connectivity index (χ1) is 30.2. The van der Waals surface area contributed by atoms with Gasteiger partial charge in [-0.1, -0.05) is 194 Å². The second-order valence-corrected chi connectivity index (χ2v) is 15.7. The highest BCUT2D eigenvalue weighted by atomic mass is 16.3. The van der Waals surface area contributed by atoms with E-state index in [0.717, 1.165) is 61.3 Å². The van der Waals surface area contributed by atoms with E-state index in [4.69, 9.17) is 14.4 Å². The number of hydrogen-bond donors (Lipinski definition) is 0. The average Bonchev–Trinajstić information content (AvgIpc) is 3.78. The highest BCUT2D eigenvalue weighted by Crippen LogP contribution is 2.42. The van der Waals surface area contributed by atoms with E-state index in [0.29, 0.717) is 5.82 Å². The van der Waals surface area contributed by atoms with Gasteiger partial charge in [-0.15, -0.1) is 0 Å². The molecule has 10 aromatic carbocycles. The van der Waals surface area contributed by atoms with Crippen molar-refractivity contribution in [1.29, 1.82) is 0 Å². The Kier molecular flexibility index (Phi) is 8.17. The van der Waals surface area contributed by atoms with E-state index in [1.54, 1.807) is 0 Å². The summed E-state index contributed by atoms with van der Waals surface area (Å²) in [6.45, 7) is 0. The maximum atomic E-state index is 6.40. The quantitative estimate of drug-likeness (QED) is 0.125. The van der Waals surface area contributed by atoms with Gasteiger partial charge in [-0.25, -0.2) is 9.97 Å². The number of furan rings is 1. The number of para-hydroxylation sites is 1. The van der Waals surface area contributed by atoms with Crippen molar-refractivity contribution in [2.24, 2.45) is 0 Å². The maximum Gasteiger partial charge on any atom is 0.160 e. The first kappa shape index (κ1) is 34.9. The number of benzene rings is 10. The molecule has 0 fully saturated rings. The fourth-order valence-corrected chi connectivity index (χ4v) is 9.20. The summed E-state index contributed by atoms with van der Waals surface area (Å²) in [6, 6.07) is 77.5. The molecule has 0 saturated carbocycles. The predicted octanol–water partition coefficient (Wildman–Crippen LogP) is 15.8. The molecule has 0 aliphatic heterocycles. The standard InChI is InChI=1S/C58H36N2O/c1-2-15-40(16-3-1)58-59-53(48-23-11-12-24-50(48)56-35-42-18-6-13-25-55(42)61-56)36-54(60-58)49-33-32-44(46-21-9-10-22-47(46)49)38-26-28-39(29-27-38)57-45-20-8-5-17-41(45)34-52-43-19-7-4-14-37(43)30-31-51(52)57/h1-36H. The third-order valence-electron chi connectivity index (χ3n) is 12.1. The van der Waals surface area contributed by atoms with Crippen LogP contribution in [0.3, 0.4) is 0 Å². The lowest BCUT2D eigenvalue weighted by Crippen LogP contribution is -1.97. The topological polar surface area (TPSA) is 38.9 Å². The minimum atomic E-state index is 0.671. The summed E-state index contributed by atoms with van der Waals surface area (Å²) in [6.07, 6.45) is 0. The molecule has 2 aromatic heterocycles. The van der Waals surface area contributed by atoms with Crippen LogP contribution in [0.1, 0.15) is 0 Å². The van der Waals surface area contributed by atoms with Gasteiger partial charge in [0.1, 0.15) is 11.3 Å². The number of hydrogen-bond acceptors (Lipinski definition) is 3. The minimum absolute atomic E-state index is 0.671. The zero-order valence-electron chi connectivity index (χ0n) is 33.1. The molecule has 284 valence electrons. The van der Waals surface area contributed by atoms with E-state index < -0.39 is 0 Å². The van der Waals surface area contributed by atoms with Crippen molar-refractivity contribution in [2.45, 2.75) is 0 Å². The molecular formula is C58H36N2O. The number of rotatable bonds is 6. The van der Waals surface area contributed by atoms with Crippen molar-refractivity contribution in [1.82, 2.24) is 9.97 Å². The summed E-state index contributed by atoms with van der Waals surface area (Å²) in [7, 11) is 0. The van der Waals surface area contributed by atoms with Gasteiger partial charge in [0.05, 0.1) is 11.4 Å². The third kappa shape index (κ3) is 5.98. The lowest BCUT2D eigenvalue weighted by atomic mass is 9.88. The van der Waals surface area contributed by atoms with Crippen LogP contribution in [0.25, 0.3) is 122 Å². The largest absolute Gasteiger partial charge is 0.456 e. The van der Waals surface area contributed by atoms with Gasteiger partial charge >= 0.3 is 0 Å². The predicted molar refractivity (Wildman–Crippen MR) is 254 cm³/mol. The van der Waals surface area contributed by atoms with Crippen molar-refractivity contribution in [3.8, 4) is 67.5 Å². The smallest absolute Gasteiger partial charge is 0.160 e. The van der Waals surface area contributed by atoms with Crippen LogP contribution in [0.4, 0.5) is 0 Å². The van der Waals surface area contributed by atoms with Gasteiger partial charge in [-0.05, 0) is 89.6 Å². The molecule has 0 bridgehead atoms. The van der Waals surface area contributed by atoms with Crippen LogP contribution >= 0.6 is 0 Å². The molecule has 3 nitrogen and oxygen atoms in total. The van der Waals surface area contributed by atoms with Gasteiger partial charge < -0.3 is 4.42 Å². The van der Waals surface area contributed by atoms with Crippen LogP contribution in [-0.4, -0.2) is 9.97 Å². The Balaban J connectivity index is 0.992. The normalized spacial score (nSPS) is 11.6. The van der Waals surface area contributed by atoms with Crippen molar-refractivity contribution in [3.05, 3.63) is 218 Å². The van der Waals surface area contributed by atoms with Crippen LogP contribution in [0.15, 0.2) is 223 Å².